The average molecular weight is 278 g/mol. The van der Waals surface area contributed by atoms with Crippen molar-refractivity contribution < 1.29 is 13.3 Å². The molecule has 1 atom stereocenters. The third-order valence-electron chi connectivity index (χ3n) is 2.79. The lowest BCUT2D eigenvalue weighted by Crippen LogP contribution is -2.02. The second kappa shape index (κ2) is 6.48. The van der Waals surface area contributed by atoms with Crippen LogP contribution >= 0.6 is 0 Å². The number of aryl methyl sites for hydroxylation is 1. The van der Waals surface area contributed by atoms with E-state index in [4.69, 9.17) is 4.74 Å². The van der Waals surface area contributed by atoms with Crippen molar-refractivity contribution in [2.24, 2.45) is 0 Å². The average Bonchev–Trinajstić information content (AvgIpc) is 2.45. The summed E-state index contributed by atoms with van der Waals surface area (Å²) in [7, 11) is 0.446. The van der Waals surface area contributed by atoms with Crippen LogP contribution in [0.5, 0.6) is 5.75 Å². The summed E-state index contributed by atoms with van der Waals surface area (Å²) < 4.78 is 30.1. The molecule has 100 valence electrons. The molecule has 2 aromatic carbocycles. The highest BCUT2D eigenvalue weighted by Crippen LogP contribution is 2.14. The van der Waals surface area contributed by atoms with E-state index in [0.717, 1.165) is 11.3 Å². The van der Waals surface area contributed by atoms with E-state index in [1.807, 2.05) is 24.3 Å². The maximum Gasteiger partial charge on any atom is 0.124 e. The monoisotopic (exact) mass is 278 g/mol. The van der Waals surface area contributed by atoms with Crippen LogP contribution < -0.4 is 4.74 Å². The zero-order valence-corrected chi connectivity index (χ0v) is 11.5. The molecule has 0 aliphatic heterocycles. The molecule has 4 heteroatoms. The zero-order valence-electron chi connectivity index (χ0n) is 10.6. The molecule has 0 heterocycles. The van der Waals surface area contributed by atoms with Crippen molar-refractivity contribution in [1.82, 2.24) is 0 Å². The Balaban J connectivity index is 1.96. The molecule has 0 saturated heterocycles. The van der Waals surface area contributed by atoms with Gasteiger partial charge in [-0.2, -0.15) is 0 Å². The van der Waals surface area contributed by atoms with E-state index in [9.17, 15) is 8.60 Å². The highest BCUT2D eigenvalue weighted by molar-refractivity contribution is 7.85. The summed E-state index contributed by atoms with van der Waals surface area (Å²) in [5, 5.41) is 0. The van der Waals surface area contributed by atoms with E-state index in [2.05, 4.69) is 0 Å². The summed E-state index contributed by atoms with van der Waals surface area (Å²) in [5.74, 6) is 0.931. The van der Waals surface area contributed by atoms with Crippen LogP contribution in [0, 0.1) is 5.82 Å². The Kier molecular flexibility index (Phi) is 4.68. The molecule has 2 rings (SSSR count). The van der Waals surface area contributed by atoms with Crippen LogP contribution in [0.1, 0.15) is 5.56 Å². The summed E-state index contributed by atoms with van der Waals surface area (Å²) in [6, 6.07) is 13.6. The minimum atomic E-state index is -1.17. The van der Waals surface area contributed by atoms with Gasteiger partial charge in [-0.05, 0) is 42.3 Å². The van der Waals surface area contributed by atoms with Crippen LogP contribution in [0.2, 0.25) is 0 Å². The second-order valence-electron chi connectivity index (χ2n) is 4.11. The molecule has 0 aromatic heterocycles. The molecule has 0 aliphatic carbocycles. The quantitative estimate of drug-likeness (QED) is 0.839. The molecule has 0 fully saturated rings. The Bertz CT molecular complexity index is 567. The Morgan fingerprint density at radius 1 is 1.16 bits per heavy atom. The van der Waals surface area contributed by atoms with Crippen molar-refractivity contribution >= 4 is 10.8 Å². The maximum atomic E-state index is 13.0. The smallest absolute Gasteiger partial charge is 0.124 e. The minimum Gasteiger partial charge on any atom is -0.497 e. The third kappa shape index (κ3) is 3.89. The Morgan fingerprint density at radius 3 is 2.53 bits per heavy atom. The van der Waals surface area contributed by atoms with Crippen molar-refractivity contribution in [2.45, 2.75) is 11.3 Å². The van der Waals surface area contributed by atoms with Gasteiger partial charge in [-0.15, -0.1) is 0 Å². The van der Waals surface area contributed by atoms with Gasteiger partial charge >= 0.3 is 0 Å². The van der Waals surface area contributed by atoms with Gasteiger partial charge in [-0.25, -0.2) is 4.39 Å². The van der Waals surface area contributed by atoms with Crippen molar-refractivity contribution in [3.05, 3.63) is 59.9 Å². The number of benzene rings is 2. The standard InChI is InChI=1S/C15H15FO2S/c1-18-14-7-5-12(6-8-14)9-10-19(17)15-4-2-3-13(16)11-15/h2-8,11H,9-10H2,1H3. The van der Waals surface area contributed by atoms with Gasteiger partial charge in [0.2, 0.25) is 0 Å². The fourth-order valence-electron chi connectivity index (χ4n) is 1.73. The lowest BCUT2D eigenvalue weighted by atomic mass is 10.2. The van der Waals surface area contributed by atoms with E-state index >= 15 is 0 Å². The number of rotatable bonds is 5. The molecular weight excluding hydrogens is 263 g/mol. The second-order valence-corrected chi connectivity index (χ2v) is 5.68. The summed E-state index contributed by atoms with van der Waals surface area (Å²) in [6.07, 6.45) is 0.688. The fraction of sp³-hybridized carbons (Fsp3) is 0.200. The van der Waals surface area contributed by atoms with Gasteiger partial charge < -0.3 is 4.74 Å². The maximum absolute atomic E-state index is 13.0. The first kappa shape index (κ1) is 13.7. The number of methoxy groups -OCH3 is 1. The predicted molar refractivity (Wildman–Crippen MR) is 74.4 cm³/mol. The highest BCUT2D eigenvalue weighted by atomic mass is 32.2. The largest absolute Gasteiger partial charge is 0.497 e. The molecule has 19 heavy (non-hydrogen) atoms. The lowest BCUT2D eigenvalue weighted by Gasteiger charge is -2.04. The third-order valence-corrected chi connectivity index (χ3v) is 4.15. The Hall–Kier alpha value is -1.68. The van der Waals surface area contributed by atoms with Crippen LogP contribution in [0.3, 0.4) is 0 Å². The van der Waals surface area contributed by atoms with Crippen molar-refractivity contribution in [1.29, 1.82) is 0 Å². The number of hydrogen-bond acceptors (Lipinski definition) is 2. The Labute approximate surface area is 114 Å². The minimum absolute atomic E-state index is 0.352. The van der Waals surface area contributed by atoms with Gasteiger partial charge in [0.15, 0.2) is 0 Å². The van der Waals surface area contributed by atoms with Crippen LogP contribution in [0.25, 0.3) is 0 Å². The lowest BCUT2D eigenvalue weighted by molar-refractivity contribution is 0.414. The van der Waals surface area contributed by atoms with E-state index in [1.54, 1.807) is 19.2 Å². The molecule has 2 nitrogen and oxygen atoms in total. The van der Waals surface area contributed by atoms with Crippen LogP contribution in [-0.2, 0) is 17.2 Å². The van der Waals surface area contributed by atoms with Crippen LogP contribution in [-0.4, -0.2) is 17.1 Å². The van der Waals surface area contributed by atoms with E-state index in [1.165, 1.54) is 12.1 Å². The predicted octanol–water partition coefficient (Wildman–Crippen LogP) is 3.18. The number of ether oxygens (including phenoxy) is 1. The summed E-state index contributed by atoms with van der Waals surface area (Å²) >= 11 is 0. The topological polar surface area (TPSA) is 26.3 Å². The van der Waals surface area contributed by atoms with Gasteiger partial charge in [0.1, 0.15) is 11.6 Å². The molecule has 1 unspecified atom stereocenters. The fourth-order valence-corrected chi connectivity index (χ4v) is 2.86. The van der Waals surface area contributed by atoms with E-state index in [0.29, 0.717) is 17.1 Å². The molecule has 2 aromatic rings. The molecule has 0 spiro atoms. The van der Waals surface area contributed by atoms with Gasteiger partial charge in [-0.1, -0.05) is 18.2 Å². The van der Waals surface area contributed by atoms with Gasteiger partial charge in [-0.3, -0.25) is 4.21 Å². The highest BCUT2D eigenvalue weighted by Gasteiger charge is 2.05. The molecule has 0 saturated carbocycles. The molecule has 0 bridgehead atoms. The SMILES string of the molecule is COc1ccc(CCS(=O)c2cccc(F)c2)cc1. The molecular formula is C15H15FO2S. The zero-order chi connectivity index (χ0) is 13.7. The van der Waals surface area contributed by atoms with E-state index < -0.39 is 10.8 Å². The molecule has 0 aliphatic rings. The van der Waals surface area contributed by atoms with Crippen LogP contribution in [0.4, 0.5) is 4.39 Å². The summed E-state index contributed by atoms with van der Waals surface area (Å²) in [4.78, 5) is 0.536. The summed E-state index contributed by atoms with van der Waals surface area (Å²) in [5.41, 5.74) is 1.09. The van der Waals surface area contributed by atoms with Crippen molar-refractivity contribution in [3.8, 4) is 5.75 Å². The summed E-state index contributed by atoms with van der Waals surface area (Å²) in [6.45, 7) is 0. The first-order valence-electron chi connectivity index (χ1n) is 5.96. The van der Waals surface area contributed by atoms with Crippen molar-refractivity contribution in [3.63, 3.8) is 0 Å². The first-order valence-corrected chi connectivity index (χ1v) is 7.28. The molecule has 0 amide bonds. The first-order chi connectivity index (χ1) is 9.19. The number of hydrogen-bond donors (Lipinski definition) is 0. The van der Waals surface area contributed by atoms with Gasteiger partial charge in [0.05, 0.1) is 17.9 Å². The van der Waals surface area contributed by atoms with Gasteiger partial charge in [0, 0.05) is 10.6 Å². The normalized spacial score (nSPS) is 12.1. The van der Waals surface area contributed by atoms with Crippen molar-refractivity contribution in [2.75, 3.05) is 12.9 Å². The molecule has 0 N–H and O–H groups in total. The van der Waals surface area contributed by atoms with Gasteiger partial charge in [0.25, 0.3) is 0 Å². The van der Waals surface area contributed by atoms with Crippen LogP contribution in [0.15, 0.2) is 53.4 Å². The number of halogens is 1. The molecule has 0 radical (unpaired) electrons. The Morgan fingerprint density at radius 2 is 1.89 bits per heavy atom. The van der Waals surface area contributed by atoms with E-state index in [-0.39, 0.29) is 5.82 Å².